The molecule has 2 aromatic rings. The van der Waals surface area contributed by atoms with Gasteiger partial charge >= 0.3 is 5.97 Å². The number of carbonyl (C=O) groups is 2. The van der Waals surface area contributed by atoms with Gasteiger partial charge in [0.05, 0.1) is 10.0 Å². The number of fused-ring (bicyclic) bond motifs is 5. The van der Waals surface area contributed by atoms with Crippen molar-refractivity contribution in [2.45, 2.75) is 10.4 Å². The van der Waals surface area contributed by atoms with Gasteiger partial charge in [0.25, 0.3) is 0 Å². The van der Waals surface area contributed by atoms with Gasteiger partial charge in [0.1, 0.15) is 16.3 Å². The average Bonchev–Trinajstić information content (AvgIpc) is 2.94. The highest BCUT2D eigenvalue weighted by Crippen LogP contribution is 2.56. The van der Waals surface area contributed by atoms with Crippen LogP contribution in [0, 0.1) is 0 Å². The first kappa shape index (κ1) is 16.0. The van der Waals surface area contributed by atoms with Gasteiger partial charge < -0.3 is 9.47 Å². The molecule has 1 spiro atoms. The maximum absolute atomic E-state index is 12.7. The van der Waals surface area contributed by atoms with Crippen LogP contribution in [0.5, 0.6) is 5.75 Å². The van der Waals surface area contributed by atoms with Crippen LogP contribution in [0.4, 0.5) is 0 Å². The van der Waals surface area contributed by atoms with Crippen molar-refractivity contribution in [1.29, 1.82) is 0 Å². The van der Waals surface area contributed by atoms with Gasteiger partial charge in [-0.15, -0.1) is 0 Å². The summed E-state index contributed by atoms with van der Waals surface area (Å²) in [6.45, 7) is 0. The molecular weight excluding hydrogens is 464 g/mol. The fourth-order valence-electron chi connectivity index (χ4n) is 3.76. The fraction of sp³-hybridized carbons (Fsp3) is 0.100. The van der Waals surface area contributed by atoms with Gasteiger partial charge in [-0.1, -0.05) is 46.3 Å². The Morgan fingerprint density at radius 3 is 2.58 bits per heavy atom. The second-order valence-electron chi connectivity index (χ2n) is 6.21. The molecule has 0 amide bonds. The van der Waals surface area contributed by atoms with E-state index < -0.39 is 16.4 Å². The number of halogens is 2. The molecule has 2 aromatic carbocycles. The lowest BCUT2D eigenvalue weighted by molar-refractivity contribution is -0.114. The molecule has 3 aliphatic rings. The molecule has 128 valence electrons. The van der Waals surface area contributed by atoms with E-state index in [1.54, 1.807) is 12.1 Å². The lowest BCUT2D eigenvalue weighted by Gasteiger charge is -2.39. The smallest absolute Gasteiger partial charge is 0.340 e. The maximum atomic E-state index is 12.7. The zero-order valence-electron chi connectivity index (χ0n) is 13.2. The lowest BCUT2D eigenvalue weighted by atomic mass is 9.75. The summed E-state index contributed by atoms with van der Waals surface area (Å²) >= 11 is 6.93. The molecule has 2 atom stereocenters. The zero-order chi connectivity index (χ0) is 18.1. The topological polar surface area (TPSA) is 52.6 Å². The van der Waals surface area contributed by atoms with Crippen LogP contribution in [0.1, 0.15) is 21.5 Å². The number of rotatable bonds is 0. The summed E-state index contributed by atoms with van der Waals surface area (Å²) in [5.74, 6) is 0.480. The second kappa shape index (κ2) is 5.41. The molecule has 0 fully saturated rings. The van der Waals surface area contributed by atoms with Crippen LogP contribution in [-0.2, 0) is 15.1 Å². The first-order chi connectivity index (χ1) is 12.5. The normalized spacial score (nSPS) is 25.5. The van der Waals surface area contributed by atoms with Crippen molar-refractivity contribution in [2.24, 2.45) is 0 Å². The van der Waals surface area contributed by atoms with E-state index in [1.807, 2.05) is 36.4 Å². The van der Waals surface area contributed by atoms with Crippen LogP contribution in [0.3, 0.4) is 0 Å². The Bertz CT molecular complexity index is 1070. The maximum Gasteiger partial charge on any atom is 0.340 e. The summed E-state index contributed by atoms with van der Waals surface area (Å²) in [5.41, 5.74) is 1.51. The number of para-hydroxylation sites is 1. The molecular formula is C20H10Br2O4. The Hall–Kier alpha value is -2.18. The number of alkyl halides is 1. The molecule has 5 rings (SSSR count). The van der Waals surface area contributed by atoms with E-state index in [0.717, 1.165) is 15.6 Å². The summed E-state index contributed by atoms with van der Waals surface area (Å²) in [7, 11) is 0. The Morgan fingerprint density at radius 2 is 1.73 bits per heavy atom. The van der Waals surface area contributed by atoms with Gasteiger partial charge in [0.15, 0.2) is 11.4 Å². The molecule has 6 heteroatoms. The van der Waals surface area contributed by atoms with Crippen molar-refractivity contribution in [2.75, 3.05) is 0 Å². The molecule has 0 bridgehead atoms. The molecule has 0 aromatic heterocycles. The number of ether oxygens (including phenoxy) is 2. The van der Waals surface area contributed by atoms with Crippen molar-refractivity contribution in [3.63, 3.8) is 0 Å². The van der Waals surface area contributed by atoms with Gasteiger partial charge in [-0.25, -0.2) is 4.79 Å². The molecule has 0 saturated carbocycles. The van der Waals surface area contributed by atoms with Crippen molar-refractivity contribution < 1.29 is 19.1 Å². The predicted molar refractivity (Wildman–Crippen MR) is 101 cm³/mol. The standard InChI is InChI=1S/C20H10Br2O4/c21-14-7-3-6-12-17(14)25-18-13(8-9-15(23)16(18)22)20(12)11-5-2-1-4-10(11)19(24)26-20/h1-9,16H. The van der Waals surface area contributed by atoms with E-state index in [4.69, 9.17) is 9.47 Å². The fourth-order valence-corrected chi connectivity index (χ4v) is 4.70. The summed E-state index contributed by atoms with van der Waals surface area (Å²) in [6.07, 6.45) is 3.18. The highest BCUT2D eigenvalue weighted by atomic mass is 79.9. The van der Waals surface area contributed by atoms with Crippen LogP contribution in [0.2, 0.25) is 0 Å². The van der Waals surface area contributed by atoms with Crippen LogP contribution in [-0.4, -0.2) is 16.6 Å². The lowest BCUT2D eigenvalue weighted by Crippen LogP contribution is -2.39. The molecule has 2 unspecified atom stereocenters. The summed E-state index contributed by atoms with van der Waals surface area (Å²) in [4.78, 5) is 24.2. The molecule has 0 radical (unpaired) electrons. The van der Waals surface area contributed by atoms with Gasteiger partial charge in [-0.3, -0.25) is 4.79 Å². The monoisotopic (exact) mass is 472 g/mol. The highest BCUT2D eigenvalue weighted by molar-refractivity contribution is 9.10. The van der Waals surface area contributed by atoms with Crippen LogP contribution < -0.4 is 4.74 Å². The number of benzene rings is 2. The zero-order valence-corrected chi connectivity index (χ0v) is 16.3. The summed E-state index contributed by atoms with van der Waals surface area (Å²) < 4.78 is 12.8. The summed E-state index contributed by atoms with van der Waals surface area (Å²) in [5, 5.41) is 0. The van der Waals surface area contributed by atoms with Crippen molar-refractivity contribution in [1.82, 2.24) is 0 Å². The SMILES string of the molecule is O=C1OC2(C3=C(Oc4c(Br)cccc42)C(Br)C(=O)C=C3)c2ccccc21. The first-order valence-corrected chi connectivity index (χ1v) is 9.65. The van der Waals surface area contributed by atoms with E-state index in [9.17, 15) is 9.59 Å². The van der Waals surface area contributed by atoms with Crippen molar-refractivity contribution >= 4 is 43.6 Å². The Labute approximate surface area is 165 Å². The van der Waals surface area contributed by atoms with E-state index in [2.05, 4.69) is 31.9 Å². The molecule has 2 heterocycles. The minimum atomic E-state index is -1.14. The number of ketones is 1. The number of carbonyl (C=O) groups excluding carboxylic acids is 2. The van der Waals surface area contributed by atoms with Gasteiger partial charge in [0.2, 0.25) is 0 Å². The Balaban J connectivity index is 1.91. The van der Waals surface area contributed by atoms with E-state index >= 15 is 0 Å². The van der Waals surface area contributed by atoms with Crippen LogP contribution >= 0.6 is 31.9 Å². The third-order valence-corrected chi connectivity index (χ3v) is 6.36. The van der Waals surface area contributed by atoms with Crippen molar-refractivity contribution in [3.05, 3.63) is 87.1 Å². The number of esters is 1. The third-order valence-electron chi connectivity index (χ3n) is 4.87. The summed E-state index contributed by atoms with van der Waals surface area (Å²) in [6, 6.07) is 12.9. The Kier molecular flexibility index (Phi) is 3.33. The quantitative estimate of drug-likeness (QED) is 0.420. The second-order valence-corrected chi connectivity index (χ2v) is 7.98. The van der Waals surface area contributed by atoms with Gasteiger partial charge in [-0.05, 0) is 40.2 Å². The van der Waals surface area contributed by atoms with Gasteiger partial charge in [-0.2, -0.15) is 0 Å². The molecule has 0 saturated heterocycles. The minimum absolute atomic E-state index is 0.119. The third kappa shape index (κ3) is 1.89. The molecule has 2 aliphatic heterocycles. The molecule has 1 aliphatic carbocycles. The molecule has 4 nitrogen and oxygen atoms in total. The highest BCUT2D eigenvalue weighted by Gasteiger charge is 2.55. The van der Waals surface area contributed by atoms with Crippen LogP contribution in [0.15, 0.2) is 70.4 Å². The number of hydrogen-bond donors (Lipinski definition) is 0. The van der Waals surface area contributed by atoms with Gasteiger partial charge in [0, 0.05) is 16.7 Å². The first-order valence-electron chi connectivity index (χ1n) is 7.94. The molecule has 0 N–H and O–H groups in total. The number of hydrogen-bond acceptors (Lipinski definition) is 4. The van der Waals surface area contributed by atoms with E-state index in [0.29, 0.717) is 22.6 Å². The van der Waals surface area contributed by atoms with Crippen molar-refractivity contribution in [3.8, 4) is 5.75 Å². The van der Waals surface area contributed by atoms with E-state index in [1.165, 1.54) is 6.08 Å². The number of allylic oxidation sites excluding steroid dienone is 2. The largest absolute Gasteiger partial charge is 0.458 e. The minimum Gasteiger partial charge on any atom is -0.458 e. The average molecular weight is 474 g/mol. The predicted octanol–water partition coefficient (Wildman–Crippen LogP) is 4.41. The van der Waals surface area contributed by atoms with Crippen LogP contribution in [0.25, 0.3) is 0 Å². The molecule has 26 heavy (non-hydrogen) atoms. The Morgan fingerprint density at radius 1 is 0.962 bits per heavy atom. The van der Waals surface area contributed by atoms with E-state index in [-0.39, 0.29) is 5.78 Å².